The van der Waals surface area contributed by atoms with Crippen molar-refractivity contribution in [3.05, 3.63) is 54.3 Å². The Morgan fingerprint density at radius 3 is 2.40 bits per heavy atom. The van der Waals surface area contributed by atoms with Crippen LogP contribution in [0.4, 0.5) is 14.9 Å². The minimum atomic E-state index is -0.420. The van der Waals surface area contributed by atoms with Crippen molar-refractivity contribution in [3.63, 3.8) is 0 Å². The van der Waals surface area contributed by atoms with E-state index in [1.807, 2.05) is 25.1 Å². The minimum absolute atomic E-state index is 0.176. The predicted molar refractivity (Wildman–Crippen MR) is 95.8 cm³/mol. The largest absolute Gasteiger partial charge is 0.491 e. The molecule has 0 heterocycles. The maximum Gasteiger partial charge on any atom is 0.321 e. The number of hydrogen-bond donors (Lipinski definition) is 1. The average molecular weight is 346 g/mol. The van der Waals surface area contributed by atoms with Gasteiger partial charge < -0.3 is 19.7 Å². The van der Waals surface area contributed by atoms with Gasteiger partial charge in [-0.05, 0) is 30.7 Å². The van der Waals surface area contributed by atoms with Crippen LogP contribution in [-0.2, 0) is 0 Å². The molecule has 2 amide bonds. The number of nitrogens with one attached hydrogen (secondary N) is 1. The molecule has 6 heteroatoms. The molecule has 1 N–H and O–H groups in total. The van der Waals surface area contributed by atoms with Crippen LogP contribution in [0.5, 0.6) is 11.5 Å². The highest BCUT2D eigenvalue weighted by atomic mass is 19.1. The summed E-state index contributed by atoms with van der Waals surface area (Å²) in [6, 6.07) is 13.2. The average Bonchev–Trinajstić information content (AvgIpc) is 2.62. The number of likely N-dealkylation sites (N-methyl/N-ethyl adjacent to an activating group) is 1. The third-order valence-corrected chi connectivity index (χ3v) is 3.46. The van der Waals surface area contributed by atoms with E-state index >= 15 is 0 Å². The van der Waals surface area contributed by atoms with Gasteiger partial charge >= 0.3 is 6.03 Å². The van der Waals surface area contributed by atoms with Crippen molar-refractivity contribution in [1.82, 2.24) is 4.90 Å². The molecule has 0 aliphatic heterocycles. The second-order valence-electron chi connectivity index (χ2n) is 5.48. The Kier molecular flexibility index (Phi) is 7.07. The highest BCUT2D eigenvalue weighted by Gasteiger charge is 2.12. The molecule has 0 aliphatic carbocycles. The third-order valence-electron chi connectivity index (χ3n) is 3.46. The molecule has 134 valence electrons. The lowest BCUT2D eigenvalue weighted by Gasteiger charge is -2.19. The number of amides is 2. The van der Waals surface area contributed by atoms with Crippen LogP contribution < -0.4 is 14.8 Å². The Morgan fingerprint density at radius 1 is 1.04 bits per heavy atom. The highest BCUT2D eigenvalue weighted by Crippen LogP contribution is 2.24. The number of benzene rings is 2. The zero-order chi connectivity index (χ0) is 18.1. The second-order valence-corrected chi connectivity index (χ2v) is 5.48. The fourth-order valence-corrected chi connectivity index (χ4v) is 2.07. The summed E-state index contributed by atoms with van der Waals surface area (Å²) >= 11 is 0. The molecule has 2 rings (SSSR count). The number of nitrogens with zero attached hydrogens (tertiary/aromatic N) is 1. The van der Waals surface area contributed by atoms with Gasteiger partial charge in [-0.3, -0.25) is 0 Å². The van der Waals surface area contributed by atoms with Gasteiger partial charge in [-0.2, -0.15) is 0 Å². The number of rotatable bonds is 8. The monoisotopic (exact) mass is 346 g/mol. The van der Waals surface area contributed by atoms with E-state index in [4.69, 9.17) is 9.47 Å². The third kappa shape index (κ3) is 5.67. The first-order valence-corrected chi connectivity index (χ1v) is 8.23. The maximum atomic E-state index is 13.5. The van der Waals surface area contributed by atoms with Gasteiger partial charge in [-0.25, -0.2) is 9.18 Å². The van der Waals surface area contributed by atoms with Gasteiger partial charge in [0.1, 0.15) is 12.4 Å². The highest BCUT2D eigenvalue weighted by molar-refractivity contribution is 5.90. The van der Waals surface area contributed by atoms with Crippen molar-refractivity contribution in [2.75, 3.05) is 32.1 Å². The topological polar surface area (TPSA) is 50.8 Å². The molecule has 0 radical (unpaired) electrons. The van der Waals surface area contributed by atoms with E-state index in [1.54, 1.807) is 31.3 Å². The van der Waals surface area contributed by atoms with Gasteiger partial charge in [0.05, 0.1) is 18.8 Å². The van der Waals surface area contributed by atoms with Crippen LogP contribution >= 0.6 is 0 Å². The zero-order valence-corrected chi connectivity index (χ0v) is 14.5. The van der Waals surface area contributed by atoms with Crippen LogP contribution in [0.15, 0.2) is 48.5 Å². The van der Waals surface area contributed by atoms with E-state index in [2.05, 4.69) is 5.32 Å². The molecule has 5 nitrogen and oxygen atoms in total. The minimum Gasteiger partial charge on any atom is -0.491 e. The lowest BCUT2D eigenvalue weighted by atomic mass is 10.3. The van der Waals surface area contributed by atoms with Gasteiger partial charge in [-0.15, -0.1) is 0 Å². The van der Waals surface area contributed by atoms with Gasteiger partial charge in [0.2, 0.25) is 0 Å². The van der Waals surface area contributed by atoms with Crippen molar-refractivity contribution in [2.24, 2.45) is 0 Å². The Morgan fingerprint density at radius 2 is 1.68 bits per heavy atom. The summed E-state index contributed by atoms with van der Waals surface area (Å²) in [7, 11) is 1.65. The number of para-hydroxylation sites is 3. The van der Waals surface area contributed by atoms with Gasteiger partial charge in [0.15, 0.2) is 11.6 Å². The first-order chi connectivity index (χ1) is 12.1. The molecule has 0 fully saturated rings. The maximum absolute atomic E-state index is 13.5. The van der Waals surface area contributed by atoms with Gasteiger partial charge in [0, 0.05) is 7.05 Å². The number of hydrogen-bond acceptors (Lipinski definition) is 3. The summed E-state index contributed by atoms with van der Waals surface area (Å²) < 4.78 is 24.5. The van der Waals surface area contributed by atoms with E-state index in [1.165, 1.54) is 11.0 Å². The number of urea groups is 1. The summed E-state index contributed by atoms with van der Waals surface area (Å²) in [6.07, 6.45) is 0.884. The lowest BCUT2D eigenvalue weighted by molar-refractivity contribution is 0.206. The molecular weight excluding hydrogens is 323 g/mol. The standard InChI is InChI=1S/C19H23FN2O3/c1-3-13-24-18-11-7-5-9-16(18)21-19(23)22(2)12-14-25-17-10-6-4-8-15(17)20/h4-11H,3,12-14H2,1-2H3,(H,21,23). The first kappa shape index (κ1) is 18.6. The van der Waals surface area contributed by atoms with Gasteiger partial charge in [-0.1, -0.05) is 31.2 Å². The quantitative estimate of drug-likeness (QED) is 0.781. The van der Waals surface area contributed by atoms with E-state index in [9.17, 15) is 9.18 Å². The van der Waals surface area contributed by atoms with Crippen LogP contribution in [-0.4, -0.2) is 37.7 Å². The van der Waals surface area contributed by atoms with Crippen LogP contribution in [0.1, 0.15) is 13.3 Å². The van der Waals surface area contributed by atoms with E-state index in [-0.39, 0.29) is 18.4 Å². The molecule has 0 bridgehead atoms. The van der Waals surface area contributed by atoms with Crippen LogP contribution in [0, 0.1) is 5.82 Å². The number of halogens is 1. The molecular formula is C19H23FN2O3. The van der Waals surface area contributed by atoms with E-state index in [0.717, 1.165) is 6.42 Å². The van der Waals surface area contributed by atoms with E-state index < -0.39 is 5.82 Å². The smallest absolute Gasteiger partial charge is 0.321 e. The Bertz CT molecular complexity index is 694. The Balaban J connectivity index is 1.85. The summed E-state index contributed by atoms with van der Waals surface area (Å²) in [5, 5.41) is 2.81. The summed E-state index contributed by atoms with van der Waals surface area (Å²) in [5.74, 6) is 0.389. The fourth-order valence-electron chi connectivity index (χ4n) is 2.07. The molecule has 2 aromatic carbocycles. The van der Waals surface area contributed by atoms with Crippen LogP contribution in [0.2, 0.25) is 0 Å². The normalized spacial score (nSPS) is 10.2. The lowest BCUT2D eigenvalue weighted by Crippen LogP contribution is -2.34. The van der Waals surface area contributed by atoms with Crippen LogP contribution in [0.25, 0.3) is 0 Å². The molecule has 2 aromatic rings. The fraction of sp³-hybridized carbons (Fsp3) is 0.316. The Hall–Kier alpha value is -2.76. The Labute approximate surface area is 147 Å². The predicted octanol–water partition coefficient (Wildman–Crippen LogP) is 4.16. The molecule has 0 saturated heterocycles. The second kappa shape index (κ2) is 9.52. The summed E-state index contributed by atoms with van der Waals surface area (Å²) in [6.45, 7) is 3.11. The van der Waals surface area contributed by atoms with Crippen molar-refractivity contribution in [1.29, 1.82) is 0 Å². The molecule has 0 aliphatic rings. The molecule has 0 unspecified atom stereocenters. The SMILES string of the molecule is CCCOc1ccccc1NC(=O)N(C)CCOc1ccccc1F. The van der Waals surface area contributed by atoms with Crippen molar-refractivity contribution >= 4 is 11.7 Å². The van der Waals surface area contributed by atoms with Crippen molar-refractivity contribution in [3.8, 4) is 11.5 Å². The molecule has 0 saturated carbocycles. The number of anilines is 1. The molecule has 0 aromatic heterocycles. The molecule has 0 atom stereocenters. The van der Waals surface area contributed by atoms with Crippen molar-refractivity contribution in [2.45, 2.75) is 13.3 Å². The van der Waals surface area contributed by atoms with Crippen molar-refractivity contribution < 1.29 is 18.7 Å². The number of ether oxygens (including phenoxy) is 2. The first-order valence-electron chi connectivity index (χ1n) is 8.23. The zero-order valence-electron chi connectivity index (χ0n) is 14.5. The summed E-state index contributed by atoms with van der Waals surface area (Å²) in [4.78, 5) is 13.7. The summed E-state index contributed by atoms with van der Waals surface area (Å²) in [5.41, 5.74) is 0.614. The number of carbonyl (C=O) groups excluding carboxylic acids is 1. The molecule has 0 spiro atoms. The van der Waals surface area contributed by atoms with Crippen LogP contribution in [0.3, 0.4) is 0 Å². The number of carbonyl (C=O) groups is 1. The van der Waals surface area contributed by atoms with Gasteiger partial charge in [0.25, 0.3) is 0 Å². The van der Waals surface area contributed by atoms with E-state index in [0.29, 0.717) is 24.6 Å². The molecule has 25 heavy (non-hydrogen) atoms.